The van der Waals surface area contributed by atoms with Gasteiger partial charge in [-0.25, -0.2) is 0 Å². The predicted octanol–water partition coefficient (Wildman–Crippen LogP) is 2.03. The Morgan fingerprint density at radius 1 is 1.17 bits per heavy atom. The van der Waals surface area contributed by atoms with Crippen LogP contribution >= 0.6 is 7.60 Å². The normalized spacial score (nSPS) is 18.1. The summed E-state index contributed by atoms with van der Waals surface area (Å²) in [6.45, 7) is 6.33. The van der Waals surface area contributed by atoms with E-state index < -0.39 is 7.60 Å². The first-order chi connectivity index (χ1) is 8.70. The highest BCUT2D eigenvalue weighted by Crippen LogP contribution is 2.48. The number of hydrogen-bond acceptors (Lipinski definition) is 6. The van der Waals surface area contributed by atoms with E-state index in [1.165, 1.54) is 0 Å². The molecule has 0 unspecified atom stereocenters. The summed E-state index contributed by atoms with van der Waals surface area (Å²) in [6.07, 6.45) is 0.981. The third-order valence-corrected chi connectivity index (χ3v) is 4.52. The molecule has 0 aromatic rings. The van der Waals surface area contributed by atoms with Gasteiger partial charge in [-0.1, -0.05) is 0 Å². The topological polar surface area (TPSA) is 63.2 Å². The van der Waals surface area contributed by atoms with Gasteiger partial charge in [-0.2, -0.15) is 0 Å². The third kappa shape index (κ3) is 6.27. The molecular weight excluding hydrogens is 259 g/mol. The van der Waals surface area contributed by atoms with E-state index in [0.717, 1.165) is 0 Å². The molecule has 0 N–H and O–H groups in total. The first kappa shape index (κ1) is 16.1. The van der Waals surface area contributed by atoms with Crippen LogP contribution in [0.15, 0.2) is 0 Å². The molecular formula is C11H23O6P. The molecule has 108 valence electrons. The standard InChI is InChI=1S/C11H23O6P/c1-3-16-18(12,17-4-2)7-5-6-15-11-8-13-10-14-9-11/h11H,3-10H2,1-2H3. The Bertz CT molecular complexity index is 244. The van der Waals surface area contributed by atoms with Gasteiger partial charge in [-0.15, -0.1) is 0 Å². The van der Waals surface area contributed by atoms with E-state index in [-0.39, 0.29) is 6.10 Å². The molecule has 7 heteroatoms. The lowest BCUT2D eigenvalue weighted by Gasteiger charge is -2.23. The van der Waals surface area contributed by atoms with Crippen molar-refractivity contribution in [1.29, 1.82) is 0 Å². The first-order valence-corrected chi connectivity index (χ1v) is 8.08. The van der Waals surface area contributed by atoms with Crippen LogP contribution in [0.3, 0.4) is 0 Å². The van der Waals surface area contributed by atoms with Gasteiger partial charge in [0.05, 0.1) is 32.6 Å². The number of rotatable bonds is 9. The summed E-state index contributed by atoms with van der Waals surface area (Å²) < 4.78 is 38.3. The summed E-state index contributed by atoms with van der Waals surface area (Å²) in [5.74, 6) is 0. The molecule has 1 rings (SSSR count). The predicted molar refractivity (Wildman–Crippen MR) is 66.9 cm³/mol. The number of ether oxygens (including phenoxy) is 3. The van der Waals surface area contributed by atoms with E-state index in [1.54, 1.807) is 13.8 Å². The molecule has 0 spiro atoms. The molecule has 0 saturated carbocycles. The molecule has 0 bridgehead atoms. The fraction of sp³-hybridized carbons (Fsp3) is 1.00. The van der Waals surface area contributed by atoms with Crippen molar-refractivity contribution >= 4 is 7.60 Å². The second-order valence-corrected chi connectivity index (χ2v) is 6.06. The summed E-state index contributed by atoms with van der Waals surface area (Å²) in [4.78, 5) is 0. The van der Waals surface area contributed by atoms with Gasteiger partial charge in [-0.3, -0.25) is 4.57 Å². The Morgan fingerprint density at radius 2 is 1.78 bits per heavy atom. The summed E-state index contributed by atoms with van der Waals surface area (Å²) in [5, 5.41) is 0. The Kier molecular flexibility index (Phi) is 8.06. The van der Waals surface area contributed by atoms with Crippen molar-refractivity contribution in [1.82, 2.24) is 0 Å². The molecule has 0 aliphatic carbocycles. The molecule has 0 radical (unpaired) electrons. The van der Waals surface area contributed by atoms with Crippen LogP contribution in [0, 0.1) is 0 Å². The fourth-order valence-corrected chi connectivity index (χ4v) is 3.27. The molecule has 0 atom stereocenters. The lowest BCUT2D eigenvalue weighted by atomic mass is 10.4. The molecule has 1 fully saturated rings. The lowest BCUT2D eigenvalue weighted by molar-refractivity contribution is -0.167. The highest BCUT2D eigenvalue weighted by Gasteiger charge is 2.23. The summed E-state index contributed by atoms with van der Waals surface area (Å²) in [5.41, 5.74) is 0. The van der Waals surface area contributed by atoms with Gasteiger partial charge < -0.3 is 23.3 Å². The van der Waals surface area contributed by atoms with Crippen molar-refractivity contribution in [3.05, 3.63) is 0 Å². The van der Waals surface area contributed by atoms with E-state index >= 15 is 0 Å². The smallest absolute Gasteiger partial charge is 0.330 e. The van der Waals surface area contributed by atoms with Gasteiger partial charge in [-0.05, 0) is 20.3 Å². The van der Waals surface area contributed by atoms with E-state index in [9.17, 15) is 4.57 Å². The third-order valence-electron chi connectivity index (χ3n) is 2.36. The minimum Gasteiger partial charge on any atom is -0.373 e. The molecule has 1 aliphatic heterocycles. The Hall–Kier alpha value is 0.0300. The summed E-state index contributed by atoms with van der Waals surface area (Å²) in [6, 6.07) is 0. The van der Waals surface area contributed by atoms with Crippen molar-refractivity contribution in [2.75, 3.05) is 46.0 Å². The second-order valence-electron chi connectivity index (χ2n) is 3.88. The highest BCUT2D eigenvalue weighted by molar-refractivity contribution is 7.53. The molecule has 0 aromatic carbocycles. The van der Waals surface area contributed by atoms with Gasteiger partial charge in [0.1, 0.15) is 12.9 Å². The van der Waals surface area contributed by atoms with Gasteiger partial charge in [0.25, 0.3) is 0 Å². The van der Waals surface area contributed by atoms with Crippen molar-refractivity contribution < 1.29 is 27.8 Å². The average Bonchev–Trinajstić information content (AvgIpc) is 2.37. The first-order valence-electron chi connectivity index (χ1n) is 6.35. The van der Waals surface area contributed by atoms with Crippen LogP contribution in [-0.4, -0.2) is 52.1 Å². The zero-order valence-corrected chi connectivity index (χ0v) is 12.0. The Morgan fingerprint density at radius 3 is 2.33 bits per heavy atom. The van der Waals surface area contributed by atoms with E-state index in [4.69, 9.17) is 23.3 Å². The van der Waals surface area contributed by atoms with Crippen LogP contribution in [0.25, 0.3) is 0 Å². The minimum atomic E-state index is -2.93. The van der Waals surface area contributed by atoms with E-state index in [1.807, 2.05) is 0 Å². The molecule has 1 heterocycles. The van der Waals surface area contributed by atoms with Crippen LogP contribution in [-0.2, 0) is 27.8 Å². The van der Waals surface area contributed by atoms with Crippen LogP contribution in [0.1, 0.15) is 20.3 Å². The quantitative estimate of drug-likeness (QED) is 0.476. The molecule has 0 amide bonds. The maximum absolute atomic E-state index is 12.1. The van der Waals surface area contributed by atoms with Gasteiger partial charge in [0, 0.05) is 6.61 Å². The Balaban J connectivity index is 2.15. The van der Waals surface area contributed by atoms with E-state index in [2.05, 4.69) is 0 Å². The van der Waals surface area contributed by atoms with Crippen LogP contribution < -0.4 is 0 Å². The Labute approximate surface area is 108 Å². The zero-order valence-electron chi connectivity index (χ0n) is 11.1. The largest absolute Gasteiger partial charge is 0.373 e. The fourth-order valence-electron chi connectivity index (χ4n) is 1.63. The van der Waals surface area contributed by atoms with Crippen molar-refractivity contribution in [3.63, 3.8) is 0 Å². The summed E-state index contributed by atoms with van der Waals surface area (Å²) in [7, 11) is -2.93. The average molecular weight is 282 g/mol. The second kappa shape index (κ2) is 9.02. The van der Waals surface area contributed by atoms with Crippen molar-refractivity contribution in [2.24, 2.45) is 0 Å². The maximum Gasteiger partial charge on any atom is 0.330 e. The van der Waals surface area contributed by atoms with Crippen LogP contribution in [0.4, 0.5) is 0 Å². The molecule has 1 aliphatic rings. The monoisotopic (exact) mass is 282 g/mol. The van der Waals surface area contributed by atoms with E-state index in [0.29, 0.717) is 52.4 Å². The molecule has 0 aromatic heterocycles. The van der Waals surface area contributed by atoms with Gasteiger partial charge in [0.2, 0.25) is 0 Å². The van der Waals surface area contributed by atoms with Gasteiger partial charge >= 0.3 is 7.60 Å². The number of hydrogen-bond donors (Lipinski definition) is 0. The SMILES string of the molecule is CCOP(=O)(CCCOC1COCOC1)OCC. The zero-order chi connectivity index (χ0) is 13.3. The molecule has 6 nitrogen and oxygen atoms in total. The molecule has 1 saturated heterocycles. The summed E-state index contributed by atoms with van der Waals surface area (Å²) >= 11 is 0. The van der Waals surface area contributed by atoms with Gasteiger partial charge in [0.15, 0.2) is 0 Å². The van der Waals surface area contributed by atoms with Crippen molar-refractivity contribution in [2.45, 2.75) is 26.4 Å². The lowest BCUT2D eigenvalue weighted by Crippen LogP contribution is -2.31. The van der Waals surface area contributed by atoms with Crippen LogP contribution in [0.2, 0.25) is 0 Å². The van der Waals surface area contributed by atoms with Crippen LogP contribution in [0.5, 0.6) is 0 Å². The highest BCUT2D eigenvalue weighted by atomic mass is 31.2. The molecule has 18 heavy (non-hydrogen) atoms. The maximum atomic E-state index is 12.1. The minimum absolute atomic E-state index is 0.0303. The van der Waals surface area contributed by atoms with Crippen molar-refractivity contribution in [3.8, 4) is 0 Å².